The van der Waals surface area contributed by atoms with Crippen molar-refractivity contribution in [3.8, 4) is 12.3 Å². The number of hydrogen-bond donors (Lipinski definition) is 1. The summed E-state index contributed by atoms with van der Waals surface area (Å²) >= 11 is 0. The number of sulfone groups is 1. The summed E-state index contributed by atoms with van der Waals surface area (Å²) in [5.41, 5.74) is 0.828. The number of allylic oxidation sites excluding steroid dienone is 4. The van der Waals surface area contributed by atoms with E-state index in [-0.39, 0.29) is 46.5 Å². The van der Waals surface area contributed by atoms with Crippen LogP contribution in [0.2, 0.25) is 0 Å². The summed E-state index contributed by atoms with van der Waals surface area (Å²) in [7, 11) is -3.35. The van der Waals surface area contributed by atoms with E-state index < -0.39 is 26.8 Å². The van der Waals surface area contributed by atoms with E-state index in [1.165, 1.54) is 5.57 Å². The van der Waals surface area contributed by atoms with Crippen molar-refractivity contribution in [2.75, 3.05) is 0 Å². The monoisotopic (exact) mass is 526 g/mol. The molecular weight excluding hydrogens is 494 g/mol. The van der Waals surface area contributed by atoms with Crippen LogP contribution in [-0.4, -0.2) is 36.1 Å². The van der Waals surface area contributed by atoms with E-state index >= 15 is 8.78 Å². The van der Waals surface area contributed by atoms with Crippen LogP contribution >= 0.6 is 0 Å². The van der Waals surface area contributed by atoms with Crippen molar-refractivity contribution in [3.05, 3.63) is 52.6 Å². The first kappa shape index (κ1) is 25.0. The minimum atomic E-state index is -3.66. The number of halogens is 2. The van der Waals surface area contributed by atoms with Crippen molar-refractivity contribution in [3.63, 3.8) is 0 Å². The molecule has 0 aromatic heterocycles. The quantitative estimate of drug-likeness (QED) is 0.525. The molecule has 0 saturated heterocycles. The molecule has 1 N–H and O–H groups in total. The van der Waals surface area contributed by atoms with Crippen molar-refractivity contribution < 1.29 is 27.1 Å². The first-order valence-electron chi connectivity index (χ1n) is 13.3. The Kier molecular flexibility index (Phi) is 5.47. The van der Waals surface area contributed by atoms with E-state index in [1.807, 2.05) is 12.1 Å². The molecule has 3 fully saturated rings. The van der Waals surface area contributed by atoms with Crippen molar-refractivity contribution >= 4 is 15.6 Å². The number of fused-ring (bicyclic) bond motifs is 4. The predicted octanol–water partition coefficient (Wildman–Crippen LogP) is 5.52. The Labute approximate surface area is 217 Å². The third kappa shape index (κ3) is 3.48. The summed E-state index contributed by atoms with van der Waals surface area (Å²) in [6.07, 6.45) is 11.6. The van der Waals surface area contributed by atoms with E-state index in [2.05, 4.69) is 0 Å². The average molecular weight is 527 g/mol. The van der Waals surface area contributed by atoms with E-state index in [9.17, 15) is 18.3 Å². The maximum Gasteiger partial charge on any atom is 0.336 e. The molecule has 3 saturated carbocycles. The minimum absolute atomic E-state index is 0.00146. The van der Waals surface area contributed by atoms with Gasteiger partial charge in [-0.15, -0.1) is 6.42 Å². The molecular formula is C30H32F2O4S. The van der Waals surface area contributed by atoms with Crippen LogP contribution in [-0.2, 0) is 14.6 Å². The fourth-order valence-corrected chi connectivity index (χ4v) is 9.72. The molecule has 0 radical (unpaired) electrons. The lowest BCUT2D eigenvalue weighted by atomic mass is 9.50. The highest BCUT2D eigenvalue weighted by atomic mass is 32.2. The molecule has 5 atom stereocenters. The van der Waals surface area contributed by atoms with Gasteiger partial charge in [0, 0.05) is 17.8 Å². The Hall–Kier alpha value is -2.30. The predicted molar refractivity (Wildman–Crippen MR) is 136 cm³/mol. The standard InChI is InChI=1S/C30H32F2O4S/c1-3-30(31,32)29(34)15-14-26-24-12-6-19-16-20(33)7-13-23(19)27(24)25(17-28(26,29)2)18-4-8-21(9-5-18)37(35,36)22-10-11-22/h1,4-5,8-9,16,22,24-26,34H,6-7,10-15,17H2,2H3/t24-,25+,26-,28-,29-/m0/s1. The fourth-order valence-electron chi connectivity index (χ4n) is 8.06. The lowest BCUT2D eigenvalue weighted by molar-refractivity contribution is -0.209. The summed E-state index contributed by atoms with van der Waals surface area (Å²) in [4.78, 5) is 12.5. The number of ketones is 1. The van der Waals surface area contributed by atoms with Gasteiger partial charge in [0.15, 0.2) is 15.6 Å². The second-order valence-corrected chi connectivity index (χ2v) is 14.2. The van der Waals surface area contributed by atoms with Crippen molar-refractivity contribution in [1.82, 2.24) is 0 Å². The van der Waals surface area contributed by atoms with Crippen LogP contribution in [0.4, 0.5) is 8.78 Å². The molecule has 7 heteroatoms. The highest BCUT2D eigenvalue weighted by Gasteiger charge is 2.71. The normalized spacial score (nSPS) is 35.8. The first-order valence-corrected chi connectivity index (χ1v) is 14.9. The molecule has 5 aliphatic rings. The van der Waals surface area contributed by atoms with Gasteiger partial charge in [-0.3, -0.25) is 4.79 Å². The molecule has 0 amide bonds. The molecule has 4 nitrogen and oxygen atoms in total. The number of benzene rings is 1. The van der Waals surface area contributed by atoms with Crippen molar-refractivity contribution in [2.24, 2.45) is 17.3 Å². The Morgan fingerprint density at radius 1 is 1.08 bits per heavy atom. The largest absolute Gasteiger partial charge is 0.382 e. The molecule has 0 bridgehead atoms. The zero-order chi connectivity index (χ0) is 26.4. The van der Waals surface area contributed by atoms with Gasteiger partial charge in [-0.1, -0.05) is 24.6 Å². The number of alkyl halides is 2. The van der Waals surface area contributed by atoms with E-state index in [0.29, 0.717) is 32.1 Å². The van der Waals surface area contributed by atoms with Crippen LogP contribution in [0.15, 0.2) is 52.0 Å². The number of hydrogen-bond acceptors (Lipinski definition) is 4. The zero-order valence-corrected chi connectivity index (χ0v) is 21.8. The summed E-state index contributed by atoms with van der Waals surface area (Å²) in [5, 5.41) is 11.3. The Bertz CT molecular complexity index is 1380. The van der Waals surface area contributed by atoms with Gasteiger partial charge in [0.2, 0.25) is 0 Å². The van der Waals surface area contributed by atoms with Gasteiger partial charge in [-0.2, -0.15) is 8.78 Å². The lowest BCUT2D eigenvalue weighted by Gasteiger charge is -2.55. The zero-order valence-electron chi connectivity index (χ0n) is 21.0. The van der Waals surface area contributed by atoms with Gasteiger partial charge in [0.1, 0.15) is 5.60 Å². The summed E-state index contributed by atoms with van der Waals surface area (Å²) < 4.78 is 55.9. The van der Waals surface area contributed by atoms with E-state index in [0.717, 1.165) is 29.6 Å². The molecule has 0 unspecified atom stereocenters. The van der Waals surface area contributed by atoms with Gasteiger partial charge < -0.3 is 5.11 Å². The van der Waals surface area contributed by atoms with Crippen molar-refractivity contribution in [2.45, 2.75) is 92.3 Å². The van der Waals surface area contributed by atoms with Gasteiger partial charge >= 0.3 is 5.92 Å². The fraction of sp³-hybridized carbons (Fsp3) is 0.567. The van der Waals surface area contributed by atoms with Crippen LogP contribution in [0, 0.1) is 29.6 Å². The van der Waals surface area contributed by atoms with Crippen LogP contribution in [0.25, 0.3) is 0 Å². The third-order valence-corrected chi connectivity index (χ3v) is 12.4. The summed E-state index contributed by atoms with van der Waals surface area (Å²) in [6, 6.07) is 6.90. The first-order chi connectivity index (χ1) is 17.4. The van der Waals surface area contributed by atoms with Crippen LogP contribution < -0.4 is 0 Å². The smallest absolute Gasteiger partial charge is 0.336 e. The Morgan fingerprint density at radius 2 is 1.78 bits per heavy atom. The Morgan fingerprint density at radius 3 is 2.43 bits per heavy atom. The molecule has 196 valence electrons. The highest BCUT2D eigenvalue weighted by Crippen LogP contribution is 2.69. The number of carbonyl (C=O) groups is 1. The maximum atomic E-state index is 15.2. The molecule has 0 heterocycles. The van der Waals surface area contributed by atoms with Crippen molar-refractivity contribution in [1.29, 1.82) is 0 Å². The topological polar surface area (TPSA) is 71.4 Å². The number of carbonyl (C=O) groups excluding carboxylic acids is 1. The number of aliphatic hydroxyl groups is 1. The van der Waals surface area contributed by atoms with Gasteiger partial charge in [-0.05, 0) is 104 Å². The van der Waals surface area contributed by atoms with Crippen LogP contribution in [0.1, 0.15) is 76.2 Å². The maximum absolute atomic E-state index is 15.2. The Balaban J connectivity index is 1.49. The van der Waals surface area contributed by atoms with Gasteiger partial charge in [0.25, 0.3) is 0 Å². The molecule has 1 aromatic rings. The highest BCUT2D eigenvalue weighted by molar-refractivity contribution is 7.92. The second kappa shape index (κ2) is 8.10. The molecule has 0 aliphatic heterocycles. The van der Waals surface area contributed by atoms with Gasteiger partial charge in [0.05, 0.1) is 10.1 Å². The lowest BCUT2D eigenvalue weighted by Crippen LogP contribution is -2.60. The van der Waals surface area contributed by atoms with E-state index in [4.69, 9.17) is 6.42 Å². The number of terminal acetylenes is 1. The third-order valence-electron chi connectivity index (χ3n) is 10.2. The minimum Gasteiger partial charge on any atom is -0.382 e. The second-order valence-electron chi connectivity index (χ2n) is 11.9. The van der Waals surface area contributed by atoms with Crippen LogP contribution in [0.5, 0.6) is 0 Å². The molecule has 0 spiro atoms. The molecule has 37 heavy (non-hydrogen) atoms. The molecule has 1 aromatic carbocycles. The van der Waals surface area contributed by atoms with E-state index in [1.54, 1.807) is 31.1 Å². The SMILES string of the molecule is C#CC(F)(F)[C@]1(O)CC[C@H]2[C@@H]3CCC4=CC(=O)CCC4=C3[C@@H](c3ccc(S(=O)(=O)C4CC4)cc3)C[C@@]21C. The molecule has 5 aliphatic carbocycles. The average Bonchev–Trinajstić information content (AvgIpc) is 3.69. The molecule has 6 rings (SSSR count). The van der Waals surface area contributed by atoms with Crippen LogP contribution in [0.3, 0.4) is 0 Å². The summed E-state index contributed by atoms with van der Waals surface area (Å²) in [6.45, 7) is 1.77. The number of rotatable bonds is 4. The van der Waals surface area contributed by atoms with Gasteiger partial charge in [-0.25, -0.2) is 8.42 Å². The summed E-state index contributed by atoms with van der Waals surface area (Å²) in [5.74, 6) is -2.37.